The molecule has 0 spiro atoms. The van der Waals surface area contributed by atoms with Crippen molar-refractivity contribution in [3.05, 3.63) is 0 Å². The van der Waals surface area contributed by atoms with Crippen LogP contribution in [0.2, 0.25) is 0 Å². The number of fused-ring (bicyclic) bond motifs is 2. The predicted molar refractivity (Wildman–Crippen MR) is 61.0 cm³/mol. The standard InChI is InChI=1S/C12H19F3N2O/c1-17(11(18)4-5-12(13,14)15)10-6-8-2-3-9(7-10)16-8/h8-10,16H,2-7H2,1H3/t8-,9+,10?. The molecule has 1 N–H and O–H groups in total. The van der Waals surface area contributed by atoms with Crippen LogP contribution in [-0.2, 0) is 4.79 Å². The summed E-state index contributed by atoms with van der Waals surface area (Å²) >= 11 is 0. The molecule has 2 rings (SSSR count). The van der Waals surface area contributed by atoms with Gasteiger partial charge in [0, 0.05) is 31.6 Å². The van der Waals surface area contributed by atoms with E-state index in [9.17, 15) is 18.0 Å². The topological polar surface area (TPSA) is 32.3 Å². The molecule has 2 saturated heterocycles. The number of carbonyl (C=O) groups excluding carboxylic acids is 1. The number of piperidine rings is 1. The van der Waals surface area contributed by atoms with Crippen molar-refractivity contribution >= 4 is 5.91 Å². The average Bonchev–Trinajstić information content (AvgIpc) is 2.63. The van der Waals surface area contributed by atoms with Crippen LogP contribution in [0.5, 0.6) is 0 Å². The van der Waals surface area contributed by atoms with Crippen LogP contribution < -0.4 is 5.32 Å². The van der Waals surface area contributed by atoms with Gasteiger partial charge in [0.25, 0.3) is 0 Å². The average molecular weight is 264 g/mol. The Bertz CT molecular complexity index is 307. The number of rotatable bonds is 3. The first-order valence-corrected chi connectivity index (χ1v) is 6.43. The molecule has 104 valence electrons. The number of amides is 1. The normalized spacial score (nSPS) is 31.4. The number of hydrogen-bond acceptors (Lipinski definition) is 2. The monoisotopic (exact) mass is 264 g/mol. The molecular weight excluding hydrogens is 245 g/mol. The maximum Gasteiger partial charge on any atom is 0.389 e. The lowest BCUT2D eigenvalue weighted by Gasteiger charge is -2.35. The van der Waals surface area contributed by atoms with E-state index in [1.54, 1.807) is 7.05 Å². The van der Waals surface area contributed by atoms with Gasteiger partial charge in [0.05, 0.1) is 6.42 Å². The summed E-state index contributed by atoms with van der Waals surface area (Å²) in [6.45, 7) is 0. The van der Waals surface area contributed by atoms with Crippen LogP contribution in [-0.4, -0.2) is 42.2 Å². The second kappa shape index (κ2) is 5.07. The van der Waals surface area contributed by atoms with E-state index in [2.05, 4.69) is 5.32 Å². The summed E-state index contributed by atoms with van der Waals surface area (Å²) in [4.78, 5) is 13.3. The van der Waals surface area contributed by atoms with Crippen molar-refractivity contribution in [3.8, 4) is 0 Å². The van der Waals surface area contributed by atoms with Crippen molar-refractivity contribution < 1.29 is 18.0 Å². The van der Waals surface area contributed by atoms with Crippen molar-refractivity contribution in [1.82, 2.24) is 10.2 Å². The molecule has 0 aromatic rings. The number of nitrogens with one attached hydrogen (secondary N) is 1. The SMILES string of the molecule is CN(C(=O)CCC(F)(F)F)C1C[C@H]2CC[C@@H](C1)N2. The zero-order valence-electron chi connectivity index (χ0n) is 10.5. The Morgan fingerprint density at radius 1 is 1.28 bits per heavy atom. The van der Waals surface area contributed by atoms with E-state index in [4.69, 9.17) is 0 Å². The highest BCUT2D eigenvalue weighted by atomic mass is 19.4. The first-order chi connectivity index (χ1) is 8.35. The zero-order chi connectivity index (χ0) is 13.3. The Morgan fingerprint density at radius 3 is 2.33 bits per heavy atom. The molecule has 0 aromatic carbocycles. The van der Waals surface area contributed by atoms with Gasteiger partial charge in [0.1, 0.15) is 0 Å². The van der Waals surface area contributed by atoms with Gasteiger partial charge in [-0.05, 0) is 25.7 Å². The molecule has 0 aliphatic carbocycles. The largest absolute Gasteiger partial charge is 0.389 e. The second-order valence-corrected chi connectivity index (χ2v) is 5.38. The van der Waals surface area contributed by atoms with Crippen molar-refractivity contribution in [1.29, 1.82) is 0 Å². The van der Waals surface area contributed by atoms with Crippen LogP contribution in [0, 0.1) is 0 Å². The van der Waals surface area contributed by atoms with Crippen molar-refractivity contribution in [2.75, 3.05) is 7.05 Å². The van der Waals surface area contributed by atoms with Crippen LogP contribution in [0.1, 0.15) is 38.5 Å². The lowest BCUT2D eigenvalue weighted by molar-refractivity contribution is -0.149. The number of hydrogen-bond donors (Lipinski definition) is 1. The Hall–Kier alpha value is -0.780. The highest BCUT2D eigenvalue weighted by molar-refractivity contribution is 5.76. The van der Waals surface area contributed by atoms with E-state index in [1.807, 2.05) is 0 Å². The fourth-order valence-corrected chi connectivity index (χ4v) is 2.97. The lowest BCUT2D eigenvalue weighted by Crippen LogP contribution is -2.48. The minimum Gasteiger partial charge on any atom is -0.343 e. The van der Waals surface area contributed by atoms with Gasteiger partial charge in [-0.3, -0.25) is 4.79 Å². The smallest absolute Gasteiger partial charge is 0.343 e. The summed E-state index contributed by atoms with van der Waals surface area (Å²) in [7, 11) is 1.63. The van der Waals surface area contributed by atoms with E-state index < -0.39 is 24.9 Å². The summed E-state index contributed by atoms with van der Waals surface area (Å²) in [5, 5.41) is 3.45. The molecule has 0 aromatic heterocycles. The number of carbonyl (C=O) groups is 1. The van der Waals surface area contributed by atoms with Gasteiger partial charge in [-0.1, -0.05) is 0 Å². The van der Waals surface area contributed by atoms with E-state index in [1.165, 1.54) is 4.90 Å². The van der Waals surface area contributed by atoms with Crippen LogP contribution in [0.25, 0.3) is 0 Å². The summed E-state index contributed by atoms with van der Waals surface area (Å²) < 4.78 is 36.2. The Morgan fingerprint density at radius 2 is 1.83 bits per heavy atom. The van der Waals surface area contributed by atoms with Gasteiger partial charge in [-0.25, -0.2) is 0 Å². The molecule has 2 heterocycles. The fourth-order valence-electron chi connectivity index (χ4n) is 2.97. The number of alkyl halides is 3. The summed E-state index contributed by atoms with van der Waals surface area (Å²) in [6, 6.07) is 0.975. The van der Waals surface area contributed by atoms with Crippen molar-refractivity contribution in [3.63, 3.8) is 0 Å². The molecular formula is C12H19F3N2O. The van der Waals surface area contributed by atoms with Gasteiger partial charge in [-0.2, -0.15) is 13.2 Å². The Labute approximate surface area is 105 Å². The maximum absolute atomic E-state index is 12.1. The van der Waals surface area contributed by atoms with Crippen LogP contribution in [0.3, 0.4) is 0 Å². The van der Waals surface area contributed by atoms with Gasteiger partial charge < -0.3 is 10.2 Å². The molecule has 6 heteroatoms. The highest BCUT2D eigenvalue weighted by Crippen LogP contribution is 2.30. The van der Waals surface area contributed by atoms with Crippen LogP contribution in [0.15, 0.2) is 0 Å². The van der Waals surface area contributed by atoms with E-state index in [-0.39, 0.29) is 6.04 Å². The molecule has 2 aliphatic heterocycles. The molecule has 0 saturated carbocycles. The third-order valence-corrected chi connectivity index (χ3v) is 4.01. The summed E-state index contributed by atoms with van der Waals surface area (Å²) in [5.74, 6) is -0.390. The van der Waals surface area contributed by atoms with Gasteiger partial charge in [0.15, 0.2) is 0 Å². The van der Waals surface area contributed by atoms with Gasteiger partial charge >= 0.3 is 6.18 Å². The third-order valence-electron chi connectivity index (χ3n) is 4.01. The van der Waals surface area contributed by atoms with Gasteiger partial charge in [-0.15, -0.1) is 0 Å². The molecule has 2 fully saturated rings. The van der Waals surface area contributed by atoms with Crippen LogP contribution in [0.4, 0.5) is 13.2 Å². The molecule has 3 nitrogen and oxygen atoms in total. The first kappa shape index (κ1) is 13.6. The highest BCUT2D eigenvalue weighted by Gasteiger charge is 2.37. The molecule has 1 amide bonds. The van der Waals surface area contributed by atoms with Crippen LogP contribution >= 0.6 is 0 Å². The Kier molecular flexibility index (Phi) is 3.84. The summed E-state index contributed by atoms with van der Waals surface area (Å²) in [6.07, 6.45) is -1.73. The fraction of sp³-hybridized carbons (Fsp3) is 0.917. The van der Waals surface area contributed by atoms with Crippen molar-refractivity contribution in [2.45, 2.75) is 62.8 Å². The van der Waals surface area contributed by atoms with Crippen molar-refractivity contribution in [2.24, 2.45) is 0 Å². The predicted octanol–water partition coefficient (Wildman–Crippen LogP) is 2.07. The maximum atomic E-state index is 12.1. The zero-order valence-corrected chi connectivity index (χ0v) is 10.5. The lowest BCUT2D eigenvalue weighted by atomic mass is 9.98. The first-order valence-electron chi connectivity index (χ1n) is 6.43. The minimum absolute atomic E-state index is 0.101. The van der Waals surface area contributed by atoms with E-state index >= 15 is 0 Å². The molecule has 1 unspecified atom stereocenters. The third kappa shape index (κ3) is 3.37. The molecule has 18 heavy (non-hydrogen) atoms. The molecule has 2 aliphatic rings. The minimum atomic E-state index is -4.25. The van der Waals surface area contributed by atoms with Gasteiger partial charge in [0.2, 0.25) is 5.91 Å². The van der Waals surface area contributed by atoms with E-state index in [0.717, 1.165) is 25.7 Å². The molecule has 3 atom stereocenters. The number of halogens is 3. The quantitative estimate of drug-likeness (QED) is 0.846. The number of nitrogens with zero attached hydrogens (tertiary/aromatic N) is 1. The second-order valence-electron chi connectivity index (χ2n) is 5.38. The van der Waals surface area contributed by atoms with E-state index in [0.29, 0.717) is 12.1 Å². The molecule has 2 bridgehead atoms. The molecule has 0 radical (unpaired) electrons. The Balaban J connectivity index is 1.83. The summed E-state index contributed by atoms with van der Waals surface area (Å²) in [5.41, 5.74) is 0.